The van der Waals surface area contributed by atoms with E-state index < -0.39 is 0 Å². The Morgan fingerprint density at radius 3 is 2.94 bits per heavy atom. The summed E-state index contributed by atoms with van der Waals surface area (Å²) in [5.74, 6) is 1.56. The van der Waals surface area contributed by atoms with E-state index in [-0.39, 0.29) is 5.95 Å². The lowest BCUT2D eigenvalue weighted by Crippen LogP contribution is -2.37. The summed E-state index contributed by atoms with van der Waals surface area (Å²) >= 11 is 0. The van der Waals surface area contributed by atoms with Crippen molar-refractivity contribution in [2.75, 3.05) is 44.9 Å². The molecule has 1 aliphatic heterocycles. The van der Waals surface area contributed by atoms with Crippen molar-refractivity contribution in [3.05, 3.63) is 6.07 Å². The lowest BCUT2D eigenvalue weighted by Gasteiger charge is -2.26. The Morgan fingerprint density at radius 1 is 1.56 bits per heavy atom. The van der Waals surface area contributed by atoms with Gasteiger partial charge in [0.1, 0.15) is 5.82 Å². The third-order valence-electron chi connectivity index (χ3n) is 3.46. The molecular weight excluding hydrogens is 230 g/mol. The summed E-state index contributed by atoms with van der Waals surface area (Å²) in [4.78, 5) is 12.7. The third kappa shape index (κ3) is 2.81. The summed E-state index contributed by atoms with van der Waals surface area (Å²) in [6.45, 7) is 2.11. The minimum Gasteiger partial charge on any atom is -0.481 e. The molecule has 6 nitrogen and oxygen atoms in total. The van der Waals surface area contributed by atoms with Crippen LogP contribution in [0.2, 0.25) is 0 Å². The number of rotatable bonds is 4. The molecular formula is C12H21N5O. The van der Waals surface area contributed by atoms with E-state index >= 15 is 0 Å². The number of nitrogen functional groups attached to an aromatic ring is 1. The van der Waals surface area contributed by atoms with Crippen LogP contribution in [0.15, 0.2) is 6.07 Å². The number of aromatic nitrogens is 2. The molecule has 0 radical (unpaired) electrons. The van der Waals surface area contributed by atoms with Crippen LogP contribution in [0.3, 0.4) is 0 Å². The van der Waals surface area contributed by atoms with Crippen molar-refractivity contribution >= 4 is 11.8 Å². The fourth-order valence-electron chi connectivity index (χ4n) is 2.35. The number of hydrogen-bond acceptors (Lipinski definition) is 6. The van der Waals surface area contributed by atoms with Gasteiger partial charge in [-0.2, -0.15) is 9.97 Å². The van der Waals surface area contributed by atoms with Crippen molar-refractivity contribution in [3.8, 4) is 5.88 Å². The smallest absolute Gasteiger partial charge is 0.225 e. The van der Waals surface area contributed by atoms with Crippen molar-refractivity contribution in [3.63, 3.8) is 0 Å². The highest BCUT2D eigenvalue weighted by atomic mass is 16.5. The first kappa shape index (κ1) is 12.9. The molecule has 0 amide bonds. The monoisotopic (exact) mass is 251 g/mol. The summed E-state index contributed by atoms with van der Waals surface area (Å²) in [7, 11) is 5.77. The van der Waals surface area contributed by atoms with Gasteiger partial charge in [-0.1, -0.05) is 0 Å². The summed E-state index contributed by atoms with van der Waals surface area (Å²) in [5.41, 5.74) is 5.67. The molecule has 2 N–H and O–H groups in total. The molecule has 100 valence electrons. The molecule has 1 unspecified atom stereocenters. The first-order chi connectivity index (χ1) is 8.60. The first-order valence-corrected chi connectivity index (χ1v) is 6.20. The van der Waals surface area contributed by atoms with Crippen molar-refractivity contribution in [1.82, 2.24) is 14.9 Å². The Balaban J connectivity index is 2.08. The van der Waals surface area contributed by atoms with Crippen LogP contribution in [0.1, 0.15) is 12.8 Å². The summed E-state index contributed by atoms with van der Waals surface area (Å²) in [6.07, 6.45) is 2.50. The predicted molar refractivity (Wildman–Crippen MR) is 71.9 cm³/mol. The van der Waals surface area contributed by atoms with Gasteiger partial charge in [-0.3, -0.25) is 0 Å². The molecule has 1 fully saturated rings. The van der Waals surface area contributed by atoms with E-state index in [1.54, 1.807) is 7.11 Å². The van der Waals surface area contributed by atoms with Gasteiger partial charge < -0.3 is 20.3 Å². The Bertz CT molecular complexity index is 411. The van der Waals surface area contributed by atoms with Crippen molar-refractivity contribution in [2.24, 2.45) is 0 Å². The molecule has 0 aromatic carbocycles. The third-order valence-corrected chi connectivity index (χ3v) is 3.46. The van der Waals surface area contributed by atoms with Crippen LogP contribution in [-0.2, 0) is 0 Å². The van der Waals surface area contributed by atoms with Gasteiger partial charge in [-0.15, -0.1) is 0 Å². The second-order valence-electron chi connectivity index (χ2n) is 4.78. The zero-order chi connectivity index (χ0) is 13.1. The maximum Gasteiger partial charge on any atom is 0.225 e. The molecule has 1 aliphatic rings. The zero-order valence-electron chi connectivity index (χ0n) is 11.3. The highest BCUT2D eigenvalue weighted by Crippen LogP contribution is 2.21. The number of methoxy groups -OCH3 is 1. The van der Waals surface area contributed by atoms with Gasteiger partial charge >= 0.3 is 0 Å². The van der Waals surface area contributed by atoms with Crippen molar-refractivity contribution in [1.29, 1.82) is 0 Å². The topological polar surface area (TPSA) is 67.5 Å². The fourth-order valence-corrected chi connectivity index (χ4v) is 2.35. The largest absolute Gasteiger partial charge is 0.481 e. The van der Waals surface area contributed by atoms with Crippen LogP contribution >= 0.6 is 0 Å². The number of hydrogen-bond donors (Lipinski definition) is 1. The maximum atomic E-state index is 5.67. The molecule has 18 heavy (non-hydrogen) atoms. The van der Waals surface area contributed by atoms with Crippen molar-refractivity contribution in [2.45, 2.75) is 18.9 Å². The van der Waals surface area contributed by atoms with Gasteiger partial charge in [0.15, 0.2) is 0 Å². The Kier molecular flexibility index (Phi) is 3.86. The van der Waals surface area contributed by atoms with Crippen LogP contribution in [0.4, 0.5) is 11.8 Å². The van der Waals surface area contributed by atoms with Gasteiger partial charge in [0.05, 0.1) is 7.11 Å². The lowest BCUT2D eigenvalue weighted by atomic mass is 10.2. The van der Waals surface area contributed by atoms with Gasteiger partial charge in [0.2, 0.25) is 11.8 Å². The summed E-state index contributed by atoms with van der Waals surface area (Å²) in [5, 5.41) is 0. The van der Waals surface area contributed by atoms with Crippen LogP contribution < -0.4 is 15.4 Å². The first-order valence-electron chi connectivity index (χ1n) is 6.20. The van der Waals surface area contributed by atoms with E-state index in [0.29, 0.717) is 11.9 Å². The summed E-state index contributed by atoms with van der Waals surface area (Å²) < 4.78 is 5.11. The predicted octanol–water partition coefficient (Wildman–Crippen LogP) is 0.598. The number of nitrogens with two attached hydrogens (primary N) is 1. The van der Waals surface area contributed by atoms with E-state index in [2.05, 4.69) is 26.8 Å². The van der Waals surface area contributed by atoms with E-state index in [9.17, 15) is 0 Å². The van der Waals surface area contributed by atoms with Crippen molar-refractivity contribution < 1.29 is 4.74 Å². The maximum absolute atomic E-state index is 5.67. The van der Waals surface area contributed by atoms with E-state index in [1.165, 1.54) is 19.4 Å². The molecule has 2 heterocycles. The fraction of sp³-hybridized carbons (Fsp3) is 0.667. The van der Waals surface area contributed by atoms with E-state index in [1.807, 2.05) is 13.1 Å². The molecule has 0 spiro atoms. The molecule has 1 aromatic rings. The lowest BCUT2D eigenvalue weighted by molar-refractivity contribution is 0.314. The number of likely N-dealkylation sites (N-methyl/N-ethyl adjacent to an activating group) is 2. The van der Waals surface area contributed by atoms with Gasteiger partial charge in [-0.25, -0.2) is 0 Å². The van der Waals surface area contributed by atoms with Crippen LogP contribution in [0, 0.1) is 0 Å². The van der Waals surface area contributed by atoms with Gasteiger partial charge in [-0.05, 0) is 26.4 Å². The molecule has 1 aromatic heterocycles. The van der Waals surface area contributed by atoms with Crippen LogP contribution in [0.25, 0.3) is 0 Å². The van der Waals surface area contributed by atoms with Gasteiger partial charge in [0.25, 0.3) is 0 Å². The minimum absolute atomic E-state index is 0.246. The van der Waals surface area contributed by atoms with Crippen LogP contribution in [0.5, 0.6) is 5.88 Å². The number of nitrogens with zero attached hydrogens (tertiary/aromatic N) is 4. The normalized spacial score (nSPS) is 20.1. The molecule has 2 rings (SSSR count). The number of ether oxygens (including phenoxy) is 1. The molecule has 1 saturated heterocycles. The zero-order valence-corrected chi connectivity index (χ0v) is 11.3. The quantitative estimate of drug-likeness (QED) is 0.845. The molecule has 0 aliphatic carbocycles. The summed E-state index contributed by atoms with van der Waals surface area (Å²) in [6, 6.07) is 2.39. The Morgan fingerprint density at radius 2 is 2.33 bits per heavy atom. The minimum atomic E-state index is 0.246. The molecule has 0 saturated carbocycles. The van der Waals surface area contributed by atoms with Gasteiger partial charge in [0, 0.05) is 25.7 Å². The number of anilines is 2. The number of likely N-dealkylation sites (tertiary alicyclic amines) is 1. The highest BCUT2D eigenvalue weighted by molar-refractivity contribution is 5.44. The molecule has 1 atom stereocenters. The molecule has 6 heteroatoms. The average molecular weight is 251 g/mol. The standard InChI is InChI=1S/C12H21N5O/c1-16-6-4-5-9(16)8-17(2)10-7-11(18-3)15-12(13)14-10/h7,9H,4-6,8H2,1-3H3,(H2,13,14,15). The highest BCUT2D eigenvalue weighted by Gasteiger charge is 2.22. The Labute approximate surface area is 108 Å². The SMILES string of the molecule is COc1cc(N(C)CC2CCCN2C)nc(N)n1. The van der Waals surface area contributed by atoms with Crippen LogP contribution in [-0.4, -0.2) is 55.2 Å². The second kappa shape index (κ2) is 5.39. The molecule has 0 bridgehead atoms. The van der Waals surface area contributed by atoms with E-state index in [4.69, 9.17) is 10.5 Å². The average Bonchev–Trinajstić information content (AvgIpc) is 2.74. The second-order valence-corrected chi connectivity index (χ2v) is 4.78. The Hall–Kier alpha value is -1.56. The van der Waals surface area contributed by atoms with E-state index in [0.717, 1.165) is 12.4 Å².